The van der Waals surface area contributed by atoms with Gasteiger partial charge in [0.1, 0.15) is 5.82 Å². The first kappa shape index (κ1) is 14.7. The minimum Gasteiger partial charge on any atom is -0.493 e. The molecular formula is C14H17N3O4. The lowest BCUT2D eigenvalue weighted by molar-refractivity contribution is 0.0600. The Labute approximate surface area is 122 Å². The predicted octanol–water partition coefficient (Wildman–Crippen LogP) is 1.47. The molecule has 1 aromatic heterocycles. The van der Waals surface area contributed by atoms with E-state index in [0.717, 1.165) is 0 Å². The first-order chi connectivity index (χ1) is 10.0. The first-order valence-electron chi connectivity index (χ1n) is 6.16. The van der Waals surface area contributed by atoms with Crippen molar-refractivity contribution in [3.8, 4) is 22.8 Å². The van der Waals surface area contributed by atoms with Crippen molar-refractivity contribution in [2.45, 2.75) is 0 Å². The molecular weight excluding hydrogens is 274 g/mol. The van der Waals surface area contributed by atoms with Gasteiger partial charge in [0.25, 0.3) is 0 Å². The summed E-state index contributed by atoms with van der Waals surface area (Å²) in [7, 11) is 6.06. The van der Waals surface area contributed by atoms with Crippen molar-refractivity contribution >= 4 is 11.8 Å². The molecule has 2 rings (SSSR count). The maximum absolute atomic E-state index is 11.8. The predicted molar refractivity (Wildman–Crippen MR) is 77.5 cm³/mol. The van der Waals surface area contributed by atoms with E-state index in [1.54, 1.807) is 25.2 Å². The number of hydrogen-bond donors (Lipinski definition) is 1. The number of nitrogens with zero attached hydrogens (tertiary/aromatic N) is 2. The van der Waals surface area contributed by atoms with Gasteiger partial charge in [-0.3, -0.25) is 4.68 Å². The molecule has 0 radical (unpaired) electrons. The van der Waals surface area contributed by atoms with Gasteiger partial charge in [-0.05, 0) is 12.1 Å². The molecule has 21 heavy (non-hydrogen) atoms. The van der Waals surface area contributed by atoms with Crippen molar-refractivity contribution in [3.63, 3.8) is 0 Å². The summed E-state index contributed by atoms with van der Waals surface area (Å²) in [5.41, 5.74) is 7.32. The average Bonchev–Trinajstić information content (AvgIpc) is 2.84. The number of nitrogen functional groups attached to an aromatic ring is 1. The Balaban J connectivity index is 2.69. The zero-order valence-corrected chi connectivity index (χ0v) is 12.3. The molecule has 0 spiro atoms. The highest BCUT2D eigenvalue weighted by atomic mass is 16.5. The number of carbonyl (C=O) groups is 1. The zero-order valence-electron chi connectivity index (χ0n) is 12.3. The van der Waals surface area contributed by atoms with Crippen LogP contribution in [0.1, 0.15) is 10.4 Å². The van der Waals surface area contributed by atoms with Gasteiger partial charge in [-0.15, -0.1) is 0 Å². The maximum atomic E-state index is 11.8. The lowest BCUT2D eigenvalue weighted by Gasteiger charge is -2.13. The molecule has 0 aliphatic heterocycles. The van der Waals surface area contributed by atoms with E-state index in [9.17, 15) is 4.79 Å². The Bertz CT molecular complexity index is 660. The molecule has 0 saturated heterocycles. The third kappa shape index (κ3) is 2.62. The van der Waals surface area contributed by atoms with Crippen molar-refractivity contribution in [3.05, 3.63) is 23.8 Å². The van der Waals surface area contributed by atoms with E-state index in [2.05, 4.69) is 5.10 Å². The molecule has 0 amide bonds. The summed E-state index contributed by atoms with van der Waals surface area (Å²) in [6.07, 6.45) is 0. The topological polar surface area (TPSA) is 88.6 Å². The maximum Gasteiger partial charge on any atom is 0.338 e. The number of carbonyl (C=O) groups excluding carboxylic acids is 1. The van der Waals surface area contributed by atoms with Gasteiger partial charge >= 0.3 is 5.97 Å². The van der Waals surface area contributed by atoms with E-state index in [1.807, 2.05) is 0 Å². The van der Waals surface area contributed by atoms with Crippen molar-refractivity contribution < 1.29 is 19.0 Å². The molecule has 0 aliphatic rings. The second-order valence-electron chi connectivity index (χ2n) is 4.33. The molecule has 7 nitrogen and oxygen atoms in total. The Morgan fingerprint density at radius 1 is 1.19 bits per heavy atom. The number of ether oxygens (including phenoxy) is 3. The first-order valence-corrected chi connectivity index (χ1v) is 6.16. The van der Waals surface area contributed by atoms with Crippen LogP contribution in [0.5, 0.6) is 11.5 Å². The lowest BCUT2D eigenvalue weighted by Crippen LogP contribution is -2.04. The molecule has 0 bridgehead atoms. The minimum atomic E-state index is -0.471. The molecule has 0 unspecified atom stereocenters. The fourth-order valence-corrected chi connectivity index (χ4v) is 2.00. The summed E-state index contributed by atoms with van der Waals surface area (Å²) in [6.45, 7) is 0. The summed E-state index contributed by atoms with van der Waals surface area (Å²) >= 11 is 0. The molecule has 112 valence electrons. The number of benzene rings is 1. The second-order valence-corrected chi connectivity index (χ2v) is 4.33. The normalized spacial score (nSPS) is 10.3. The molecule has 2 N–H and O–H groups in total. The Morgan fingerprint density at radius 2 is 1.90 bits per heavy atom. The molecule has 1 aromatic carbocycles. The third-order valence-electron chi connectivity index (χ3n) is 3.09. The standard InChI is InChI=1S/C14H17N3O4/c1-17-12(15)7-10(16-17)9-5-8(14(18)21-4)6-11(19-2)13(9)20-3/h5-7H,15H2,1-4H3. The van der Waals surface area contributed by atoms with Gasteiger partial charge in [0, 0.05) is 18.7 Å². The second kappa shape index (κ2) is 5.74. The van der Waals surface area contributed by atoms with Gasteiger partial charge in [0.15, 0.2) is 11.5 Å². The number of hydrogen-bond acceptors (Lipinski definition) is 6. The Morgan fingerprint density at radius 3 is 2.38 bits per heavy atom. The van der Waals surface area contributed by atoms with Crippen LogP contribution < -0.4 is 15.2 Å². The number of aromatic nitrogens is 2. The number of aryl methyl sites for hydroxylation is 1. The SMILES string of the molecule is COC(=O)c1cc(OC)c(OC)c(-c2cc(N)n(C)n2)c1. The van der Waals surface area contributed by atoms with Crippen LogP contribution >= 0.6 is 0 Å². The molecule has 0 aliphatic carbocycles. The van der Waals surface area contributed by atoms with Crippen molar-refractivity contribution in [1.82, 2.24) is 9.78 Å². The average molecular weight is 291 g/mol. The van der Waals surface area contributed by atoms with Gasteiger partial charge in [-0.2, -0.15) is 5.10 Å². The Kier molecular flexibility index (Phi) is 4.02. The number of nitrogens with two attached hydrogens (primary N) is 1. The third-order valence-corrected chi connectivity index (χ3v) is 3.09. The number of rotatable bonds is 4. The van der Waals surface area contributed by atoms with Crippen LogP contribution in [0.15, 0.2) is 18.2 Å². The molecule has 1 heterocycles. The Hall–Kier alpha value is -2.70. The summed E-state index contributed by atoms with van der Waals surface area (Å²) in [5.74, 6) is 0.915. The highest BCUT2D eigenvalue weighted by Gasteiger charge is 2.19. The fourth-order valence-electron chi connectivity index (χ4n) is 2.00. The van der Waals surface area contributed by atoms with E-state index in [0.29, 0.717) is 34.1 Å². The van der Waals surface area contributed by atoms with E-state index < -0.39 is 5.97 Å². The monoisotopic (exact) mass is 291 g/mol. The van der Waals surface area contributed by atoms with E-state index in [1.165, 1.54) is 26.0 Å². The van der Waals surface area contributed by atoms with E-state index >= 15 is 0 Å². The number of anilines is 1. The smallest absolute Gasteiger partial charge is 0.338 e. The highest BCUT2D eigenvalue weighted by molar-refractivity contribution is 5.93. The summed E-state index contributed by atoms with van der Waals surface area (Å²) in [5, 5.41) is 4.29. The van der Waals surface area contributed by atoms with Gasteiger partial charge in [-0.1, -0.05) is 0 Å². The highest BCUT2D eigenvalue weighted by Crippen LogP contribution is 2.39. The van der Waals surface area contributed by atoms with Crippen molar-refractivity contribution in [1.29, 1.82) is 0 Å². The van der Waals surface area contributed by atoms with Gasteiger partial charge in [0.05, 0.1) is 32.6 Å². The van der Waals surface area contributed by atoms with Gasteiger partial charge in [-0.25, -0.2) is 4.79 Å². The summed E-state index contributed by atoms with van der Waals surface area (Å²) < 4.78 is 16.9. The quantitative estimate of drug-likeness (QED) is 0.858. The van der Waals surface area contributed by atoms with Crippen molar-refractivity contribution in [2.75, 3.05) is 27.1 Å². The van der Waals surface area contributed by atoms with Crippen LogP contribution in [-0.4, -0.2) is 37.1 Å². The zero-order chi connectivity index (χ0) is 15.6. The van der Waals surface area contributed by atoms with Crippen LogP contribution in [0.4, 0.5) is 5.82 Å². The van der Waals surface area contributed by atoms with Crippen LogP contribution in [0.2, 0.25) is 0 Å². The lowest BCUT2D eigenvalue weighted by atomic mass is 10.1. The molecule has 0 fully saturated rings. The van der Waals surface area contributed by atoms with Gasteiger partial charge < -0.3 is 19.9 Å². The number of esters is 1. The van der Waals surface area contributed by atoms with Crippen LogP contribution in [0.3, 0.4) is 0 Å². The van der Waals surface area contributed by atoms with Crippen LogP contribution in [0.25, 0.3) is 11.3 Å². The summed E-state index contributed by atoms with van der Waals surface area (Å²) in [4.78, 5) is 11.8. The van der Waals surface area contributed by atoms with Crippen molar-refractivity contribution in [2.24, 2.45) is 7.05 Å². The molecule has 0 saturated carbocycles. The molecule has 0 atom stereocenters. The van der Waals surface area contributed by atoms with Crippen LogP contribution in [0, 0.1) is 0 Å². The number of methoxy groups -OCH3 is 3. The fraction of sp³-hybridized carbons (Fsp3) is 0.286. The largest absolute Gasteiger partial charge is 0.493 e. The minimum absolute atomic E-state index is 0.342. The van der Waals surface area contributed by atoms with Gasteiger partial charge in [0.2, 0.25) is 0 Å². The van der Waals surface area contributed by atoms with E-state index in [4.69, 9.17) is 19.9 Å². The van der Waals surface area contributed by atoms with Crippen LogP contribution in [-0.2, 0) is 11.8 Å². The molecule has 2 aromatic rings. The summed E-state index contributed by atoms with van der Waals surface area (Å²) in [6, 6.07) is 4.88. The molecule has 7 heteroatoms. The van der Waals surface area contributed by atoms with E-state index in [-0.39, 0.29) is 0 Å².